The highest BCUT2D eigenvalue weighted by molar-refractivity contribution is 5.08. The maximum absolute atomic E-state index is 5.88. The van der Waals surface area contributed by atoms with Crippen molar-refractivity contribution in [3.05, 3.63) is 18.1 Å². The summed E-state index contributed by atoms with van der Waals surface area (Å²) in [6.45, 7) is 3.01. The van der Waals surface area contributed by atoms with Crippen LogP contribution in [0.3, 0.4) is 0 Å². The minimum Gasteiger partial charge on any atom is -0.473 e. The van der Waals surface area contributed by atoms with E-state index in [0.29, 0.717) is 18.0 Å². The third-order valence-electron chi connectivity index (χ3n) is 3.78. The maximum Gasteiger partial charge on any atom is 0.232 e. The third-order valence-corrected chi connectivity index (χ3v) is 3.78. The van der Waals surface area contributed by atoms with E-state index in [1.807, 2.05) is 6.20 Å². The molecule has 0 spiro atoms. The number of hydrogen-bond donors (Lipinski definition) is 1. The molecule has 1 aromatic heterocycles. The Bertz CT molecular complexity index is 396. The standard InChI is InChI=1S/C14H22N4O/c1-18-6-4-13(5-7-18)19-14-10-16-12(9-17-14)8-15-11-2-3-11/h9-11,13,15H,2-8H2,1H3. The monoisotopic (exact) mass is 262 g/mol. The molecule has 1 saturated heterocycles. The van der Waals surface area contributed by atoms with Crippen LogP contribution in [0.5, 0.6) is 5.88 Å². The zero-order valence-electron chi connectivity index (χ0n) is 11.5. The lowest BCUT2D eigenvalue weighted by molar-refractivity contribution is 0.109. The highest BCUT2D eigenvalue weighted by Crippen LogP contribution is 2.19. The van der Waals surface area contributed by atoms with E-state index in [1.54, 1.807) is 6.20 Å². The molecule has 1 aliphatic carbocycles. The molecule has 2 heterocycles. The van der Waals surface area contributed by atoms with Gasteiger partial charge >= 0.3 is 0 Å². The van der Waals surface area contributed by atoms with Gasteiger partial charge in [-0.05, 0) is 32.7 Å². The van der Waals surface area contributed by atoms with Gasteiger partial charge in [-0.25, -0.2) is 4.98 Å². The van der Waals surface area contributed by atoms with E-state index in [0.717, 1.165) is 38.2 Å². The molecule has 0 radical (unpaired) electrons. The number of aromatic nitrogens is 2. The third kappa shape index (κ3) is 3.88. The lowest BCUT2D eigenvalue weighted by atomic mass is 10.1. The fraction of sp³-hybridized carbons (Fsp3) is 0.714. The van der Waals surface area contributed by atoms with Crippen LogP contribution in [-0.4, -0.2) is 47.2 Å². The molecule has 0 bridgehead atoms. The number of hydrogen-bond acceptors (Lipinski definition) is 5. The predicted octanol–water partition coefficient (Wildman–Crippen LogP) is 1.20. The summed E-state index contributed by atoms with van der Waals surface area (Å²) in [4.78, 5) is 11.1. The molecule has 0 amide bonds. The van der Waals surface area contributed by atoms with E-state index in [-0.39, 0.29) is 0 Å². The number of ether oxygens (including phenoxy) is 1. The molecular formula is C14H22N4O. The molecule has 2 fully saturated rings. The van der Waals surface area contributed by atoms with Crippen LogP contribution in [0, 0.1) is 0 Å². The van der Waals surface area contributed by atoms with Crippen molar-refractivity contribution in [2.24, 2.45) is 0 Å². The summed E-state index contributed by atoms with van der Waals surface area (Å²) < 4.78 is 5.88. The van der Waals surface area contributed by atoms with Gasteiger partial charge < -0.3 is 15.0 Å². The zero-order valence-corrected chi connectivity index (χ0v) is 11.5. The quantitative estimate of drug-likeness (QED) is 0.864. The van der Waals surface area contributed by atoms with Crippen LogP contribution in [0.1, 0.15) is 31.4 Å². The Hall–Kier alpha value is -1.20. The Morgan fingerprint density at radius 3 is 2.63 bits per heavy atom. The molecule has 2 aliphatic rings. The van der Waals surface area contributed by atoms with E-state index in [2.05, 4.69) is 27.2 Å². The first-order valence-electron chi connectivity index (χ1n) is 7.19. The highest BCUT2D eigenvalue weighted by Gasteiger charge is 2.20. The van der Waals surface area contributed by atoms with Crippen molar-refractivity contribution >= 4 is 0 Å². The molecule has 1 N–H and O–H groups in total. The fourth-order valence-corrected chi connectivity index (χ4v) is 2.30. The summed E-state index contributed by atoms with van der Waals surface area (Å²) in [5.41, 5.74) is 0.989. The molecule has 0 aromatic carbocycles. The van der Waals surface area contributed by atoms with Gasteiger partial charge in [0.25, 0.3) is 0 Å². The Labute approximate surface area is 114 Å². The first kappa shape index (κ1) is 12.8. The molecule has 19 heavy (non-hydrogen) atoms. The number of nitrogens with zero attached hydrogens (tertiary/aromatic N) is 3. The number of nitrogens with one attached hydrogen (secondary N) is 1. The van der Waals surface area contributed by atoms with Gasteiger partial charge in [-0.1, -0.05) is 0 Å². The Morgan fingerprint density at radius 1 is 1.21 bits per heavy atom. The minimum atomic E-state index is 0.293. The van der Waals surface area contributed by atoms with Gasteiger partial charge in [0.05, 0.1) is 18.1 Å². The molecule has 1 saturated carbocycles. The molecule has 5 nitrogen and oxygen atoms in total. The van der Waals surface area contributed by atoms with Gasteiger partial charge in [0.2, 0.25) is 5.88 Å². The Kier molecular flexibility index (Phi) is 3.94. The number of piperidine rings is 1. The Morgan fingerprint density at radius 2 is 2.00 bits per heavy atom. The van der Waals surface area contributed by atoms with Crippen LogP contribution in [0.25, 0.3) is 0 Å². The van der Waals surface area contributed by atoms with Crippen LogP contribution in [-0.2, 0) is 6.54 Å². The van der Waals surface area contributed by atoms with Gasteiger partial charge in [0, 0.05) is 25.7 Å². The van der Waals surface area contributed by atoms with Crippen LogP contribution >= 0.6 is 0 Å². The highest BCUT2D eigenvalue weighted by atomic mass is 16.5. The van der Waals surface area contributed by atoms with Gasteiger partial charge in [-0.3, -0.25) is 4.98 Å². The summed E-state index contributed by atoms with van der Waals surface area (Å²) >= 11 is 0. The van der Waals surface area contributed by atoms with E-state index in [9.17, 15) is 0 Å². The van der Waals surface area contributed by atoms with Crippen molar-refractivity contribution in [1.82, 2.24) is 20.2 Å². The summed E-state index contributed by atoms with van der Waals surface area (Å²) in [5, 5.41) is 3.43. The van der Waals surface area contributed by atoms with E-state index >= 15 is 0 Å². The molecule has 1 aliphatic heterocycles. The van der Waals surface area contributed by atoms with Gasteiger partial charge in [-0.15, -0.1) is 0 Å². The largest absolute Gasteiger partial charge is 0.473 e. The molecule has 104 valence electrons. The van der Waals surface area contributed by atoms with Crippen molar-refractivity contribution in [2.45, 2.75) is 44.4 Å². The number of rotatable bonds is 5. The lowest BCUT2D eigenvalue weighted by Gasteiger charge is -2.28. The molecule has 0 atom stereocenters. The van der Waals surface area contributed by atoms with Crippen LogP contribution in [0.2, 0.25) is 0 Å². The summed E-state index contributed by atoms with van der Waals surface area (Å²) in [7, 11) is 2.15. The smallest absolute Gasteiger partial charge is 0.232 e. The van der Waals surface area contributed by atoms with Crippen molar-refractivity contribution < 1.29 is 4.74 Å². The summed E-state index contributed by atoms with van der Waals surface area (Å²) in [5.74, 6) is 0.657. The van der Waals surface area contributed by atoms with Crippen molar-refractivity contribution in [1.29, 1.82) is 0 Å². The zero-order chi connectivity index (χ0) is 13.1. The average molecular weight is 262 g/mol. The van der Waals surface area contributed by atoms with E-state index in [4.69, 9.17) is 4.74 Å². The van der Waals surface area contributed by atoms with Gasteiger partial charge in [0.15, 0.2) is 0 Å². The van der Waals surface area contributed by atoms with Crippen LogP contribution < -0.4 is 10.1 Å². The van der Waals surface area contributed by atoms with Crippen molar-refractivity contribution in [3.8, 4) is 5.88 Å². The minimum absolute atomic E-state index is 0.293. The van der Waals surface area contributed by atoms with Crippen molar-refractivity contribution in [2.75, 3.05) is 20.1 Å². The SMILES string of the molecule is CN1CCC(Oc2cnc(CNC3CC3)cn2)CC1. The van der Waals surface area contributed by atoms with Crippen LogP contribution in [0.15, 0.2) is 12.4 Å². The normalized spacial score (nSPS) is 21.5. The van der Waals surface area contributed by atoms with E-state index in [1.165, 1.54) is 12.8 Å². The van der Waals surface area contributed by atoms with E-state index < -0.39 is 0 Å². The van der Waals surface area contributed by atoms with Crippen LogP contribution in [0.4, 0.5) is 0 Å². The lowest BCUT2D eigenvalue weighted by Crippen LogP contribution is -2.35. The van der Waals surface area contributed by atoms with Crippen molar-refractivity contribution in [3.63, 3.8) is 0 Å². The predicted molar refractivity (Wildman–Crippen MR) is 73.0 cm³/mol. The number of likely N-dealkylation sites (tertiary alicyclic amines) is 1. The first-order valence-corrected chi connectivity index (χ1v) is 7.19. The van der Waals surface area contributed by atoms with Gasteiger partial charge in [-0.2, -0.15) is 0 Å². The molecule has 0 unspecified atom stereocenters. The molecule has 1 aromatic rings. The molecule has 3 rings (SSSR count). The first-order chi connectivity index (χ1) is 9.29. The van der Waals surface area contributed by atoms with Gasteiger partial charge in [0.1, 0.15) is 6.10 Å². The molecule has 5 heteroatoms. The maximum atomic E-state index is 5.88. The molecular weight excluding hydrogens is 240 g/mol. The Balaban J connectivity index is 1.47. The second-order valence-electron chi connectivity index (χ2n) is 5.62. The average Bonchev–Trinajstić information content (AvgIpc) is 3.25. The second-order valence-corrected chi connectivity index (χ2v) is 5.62. The second kappa shape index (κ2) is 5.84. The summed E-state index contributed by atoms with van der Waals surface area (Å²) in [6, 6.07) is 0.706. The fourth-order valence-electron chi connectivity index (χ4n) is 2.30. The summed E-state index contributed by atoms with van der Waals surface area (Å²) in [6.07, 6.45) is 8.60. The topological polar surface area (TPSA) is 50.3 Å².